The van der Waals surface area contributed by atoms with Gasteiger partial charge in [-0.15, -0.1) is 0 Å². The number of unbranched alkanes of at least 4 members (excludes halogenated alkanes) is 18. The third kappa shape index (κ3) is 39.1. The van der Waals surface area contributed by atoms with E-state index in [2.05, 4.69) is 32.1 Å². The highest BCUT2D eigenvalue weighted by molar-refractivity contribution is 7.47. The van der Waals surface area contributed by atoms with Crippen LogP contribution in [-0.4, -0.2) is 91.4 Å². The summed E-state index contributed by atoms with van der Waals surface area (Å²) in [6, 6.07) is 0. The standard InChI is InChI=1S/C44H84NO9P/c1-6-8-10-12-14-15-16-17-18-19-20-21-22-23-28-32-37-51-39-41(40-53-55(49,50)52-38-36-45(3,4)5)54-44(48)35-31-27-24-26-30-34-43(47)42(46)33-29-25-13-11-9-7-2/h15-16,25,29,32,37,41-43,46-47H,6-14,17-24,26-28,30-31,33-36,38-40H2,1-5H3/p+1/b16-15-,29-25-,37-32+/t41-,42+,43+/m1/s1. The van der Waals surface area contributed by atoms with Crippen LogP contribution in [0.15, 0.2) is 36.6 Å². The Morgan fingerprint density at radius 1 is 0.636 bits per heavy atom. The van der Waals surface area contributed by atoms with Gasteiger partial charge >= 0.3 is 13.8 Å². The Hall–Kier alpha value is -1.52. The number of allylic oxidation sites excluding steroid dienone is 4. The molecule has 0 aliphatic carbocycles. The molecule has 0 spiro atoms. The van der Waals surface area contributed by atoms with Gasteiger partial charge in [0.05, 0.1) is 46.2 Å². The highest BCUT2D eigenvalue weighted by atomic mass is 31.2. The smallest absolute Gasteiger partial charge is 0.472 e. The molecular formula is C44H85NO9P+. The second-order valence-electron chi connectivity index (χ2n) is 16.1. The van der Waals surface area contributed by atoms with Crippen LogP contribution < -0.4 is 0 Å². The largest absolute Gasteiger partial charge is 0.498 e. The molecule has 0 aromatic rings. The molecule has 10 nitrogen and oxygen atoms in total. The van der Waals surface area contributed by atoms with Gasteiger partial charge in [-0.25, -0.2) is 4.57 Å². The Balaban J connectivity index is 4.43. The molecule has 0 aromatic heterocycles. The molecule has 0 heterocycles. The number of quaternary nitrogens is 1. The number of carbonyl (C=O) groups is 1. The fourth-order valence-corrected chi connectivity index (χ4v) is 6.57. The number of phosphoric ester groups is 1. The van der Waals surface area contributed by atoms with Gasteiger partial charge in [-0.05, 0) is 76.7 Å². The van der Waals surface area contributed by atoms with E-state index in [4.69, 9.17) is 18.5 Å². The lowest BCUT2D eigenvalue weighted by atomic mass is 10.0. The second-order valence-corrected chi connectivity index (χ2v) is 17.5. The van der Waals surface area contributed by atoms with Crippen LogP contribution in [0.1, 0.15) is 174 Å². The third-order valence-corrected chi connectivity index (χ3v) is 10.4. The van der Waals surface area contributed by atoms with Crippen LogP contribution in [-0.2, 0) is 27.9 Å². The summed E-state index contributed by atoms with van der Waals surface area (Å²) in [4.78, 5) is 22.9. The van der Waals surface area contributed by atoms with E-state index < -0.39 is 32.1 Å². The number of nitrogens with zero attached hydrogens (tertiary/aromatic N) is 1. The van der Waals surface area contributed by atoms with E-state index in [1.807, 2.05) is 33.3 Å². The van der Waals surface area contributed by atoms with E-state index in [0.29, 0.717) is 30.3 Å². The molecule has 1 unspecified atom stereocenters. The Kier molecular flexibility index (Phi) is 35.8. The fourth-order valence-electron chi connectivity index (χ4n) is 5.83. The number of aliphatic hydroxyl groups is 2. The zero-order valence-electron chi connectivity index (χ0n) is 35.9. The number of ether oxygens (including phenoxy) is 2. The maximum absolute atomic E-state index is 12.7. The number of esters is 1. The maximum atomic E-state index is 12.7. The van der Waals surface area contributed by atoms with Crippen molar-refractivity contribution >= 4 is 13.8 Å². The van der Waals surface area contributed by atoms with E-state index in [1.54, 1.807) is 6.26 Å². The first-order chi connectivity index (χ1) is 26.4. The average molecular weight is 803 g/mol. The lowest BCUT2D eigenvalue weighted by molar-refractivity contribution is -0.870. The van der Waals surface area contributed by atoms with Crippen LogP contribution in [0.3, 0.4) is 0 Å². The van der Waals surface area contributed by atoms with Gasteiger partial charge in [0.15, 0.2) is 6.10 Å². The number of hydrogen-bond acceptors (Lipinski definition) is 8. The lowest BCUT2D eigenvalue weighted by Crippen LogP contribution is -2.37. The minimum Gasteiger partial charge on any atom is -0.498 e. The first kappa shape index (κ1) is 53.5. The molecule has 0 aromatic carbocycles. The summed E-state index contributed by atoms with van der Waals surface area (Å²) in [5.74, 6) is -0.417. The molecule has 0 saturated carbocycles. The Bertz CT molecular complexity index is 1010. The number of likely N-dealkylation sites (N-methyl/N-ethyl adjacent to an activating group) is 1. The molecule has 55 heavy (non-hydrogen) atoms. The molecule has 0 amide bonds. The van der Waals surface area contributed by atoms with Crippen molar-refractivity contribution < 1.29 is 47.5 Å². The normalized spacial score (nSPS) is 15.2. The zero-order chi connectivity index (χ0) is 40.9. The van der Waals surface area contributed by atoms with Gasteiger partial charge in [-0.3, -0.25) is 13.8 Å². The third-order valence-electron chi connectivity index (χ3n) is 9.44. The molecule has 4 atom stereocenters. The zero-order valence-corrected chi connectivity index (χ0v) is 36.8. The quantitative estimate of drug-likeness (QED) is 0.0138. The van der Waals surface area contributed by atoms with Crippen LogP contribution in [0.5, 0.6) is 0 Å². The molecule has 0 bridgehead atoms. The highest BCUT2D eigenvalue weighted by Crippen LogP contribution is 2.43. The Labute approximate surface area is 337 Å². The summed E-state index contributed by atoms with van der Waals surface area (Å²) in [6.07, 6.45) is 35.7. The molecule has 11 heteroatoms. The van der Waals surface area contributed by atoms with E-state index in [1.165, 1.54) is 83.5 Å². The van der Waals surface area contributed by atoms with Gasteiger partial charge in [-0.1, -0.05) is 122 Å². The van der Waals surface area contributed by atoms with Crippen LogP contribution in [0.4, 0.5) is 0 Å². The second kappa shape index (κ2) is 36.8. The summed E-state index contributed by atoms with van der Waals surface area (Å²) in [5, 5.41) is 20.5. The number of rotatable bonds is 40. The molecule has 0 saturated heterocycles. The van der Waals surface area contributed by atoms with Crippen LogP contribution in [0.2, 0.25) is 0 Å². The average Bonchev–Trinajstić information content (AvgIpc) is 3.13. The van der Waals surface area contributed by atoms with Crippen LogP contribution >= 0.6 is 7.82 Å². The SMILES string of the molecule is CCCCC/C=C\C[C@H](O)[C@@H](O)CCCCCCCC(=O)O[C@H](CO/C=C/CCCCCCCC/C=C\CCCCCC)COP(=O)(O)OCC[N+](C)(C)C. The monoisotopic (exact) mass is 803 g/mol. The fraction of sp³-hybridized carbons (Fsp3) is 0.841. The molecule has 0 aliphatic heterocycles. The molecule has 0 rings (SSSR count). The van der Waals surface area contributed by atoms with Crippen molar-refractivity contribution in [3.8, 4) is 0 Å². The van der Waals surface area contributed by atoms with Crippen LogP contribution in [0, 0.1) is 0 Å². The van der Waals surface area contributed by atoms with Gasteiger partial charge in [0.2, 0.25) is 0 Å². The first-order valence-corrected chi connectivity index (χ1v) is 23.4. The predicted octanol–water partition coefficient (Wildman–Crippen LogP) is 10.9. The molecule has 3 N–H and O–H groups in total. The topological polar surface area (TPSA) is 132 Å². The molecule has 0 fully saturated rings. The van der Waals surface area contributed by atoms with Gasteiger partial charge in [-0.2, -0.15) is 0 Å². The van der Waals surface area contributed by atoms with Gasteiger partial charge in [0.1, 0.15) is 19.8 Å². The van der Waals surface area contributed by atoms with Crippen molar-refractivity contribution in [3.63, 3.8) is 0 Å². The van der Waals surface area contributed by atoms with Crippen molar-refractivity contribution in [1.82, 2.24) is 0 Å². The van der Waals surface area contributed by atoms with E-state index in [-0.39, 0.29) is 26.2 Å². The van der Waals surface area contributed by atoms with E-state index in [9.17, 15) is 24.5 Å². The van der Waals surface area contributed by atoms with Gasteiger partial charge in [0.25, 0.3) is 0 Å². The summed E-state index contributed by atoms with van der Waals surface area (Å²) in [7, 11) is 1.53. The van der Waals surface area contributed by atoms with Crippen molar-refractivity contribution in [2.75, 3.05) is 47.5 Å². The summed E-state index contributed by atoms with van der Waals surface area (Å²) >= 11 is 0. The Morgan fingerprint density at radius 2 is 1.15 bits per heavy atom. The number of aliphatic hydroxyl groups excluding tert-OH is 2. The van der Waals surface area contributed by atoms with Crippen molar-refractivity contribution in [2.45, 2.75) is 193 Å². The molecule has 324 valence electrons. The summed E-state index contributed by atoms with van der Waals surface area (Å²) in [5.41, 5.74) is 0. The van der Waals surface area contributed by atoms with Crippen molar-refractivity contribution in [2.24, 2.45) is 0 Å². The summed E-state index contributed by atoms with van der Waals surface area (Å²) in [6.45, 7) is 4.67. The molecular weight excluding hydrogens is 717 g/mol. The molecule has 0 radical (unpaired) electrons. The van der Waals surface area contributed by atoms with Gasteiger partial charge < -0.3 is 29.1 Å². The lowest BCUT2D eigenvalue weighted by Gasteiger charge is -2.24. The Morgan fingerprint density at radius 3 is 1.76 bits per heavy atom. The van der Waals surface area contributed by atoms with Crippen LogP contribution in [0.25, 0.3) is 0 Å². The molecule has 0 aliphatic rings. The predicted molar refractivity (Wildman–Crippen MR) is 227 cm³/mol. The van der Waals surface area contributed by atoms with Gasteiger partial charge in [0, 0.05) is 6.42 Å². The van der Waals surface area contributed by atoms with E-state index in [0.717, 1.165) is 51.4 Å². The highest BCUT2D eigenvalue weighted by Gasteiger charge is 2.26. The van der Waals surface area contributed by atoms with E-state index >= 15 is 0 Å². The first-order valence-electron chi connectivity index (χ1n) is 21.9. The number of carbonyl (C=O) groups excluding carboxylic acids is 1. The summed E-state index contributed by atoms with van der Waals surface area (Å²) < 4.78 is 34.6. The van der Waals surface area contributed by atoms with Crippen molar-refractivity contribution in [3.05, 3.63) is 36.6 Å². The van der Waals surface area contributed by atoms with Crippen molar-refractivity contribution in [1.29, 1.82) is 0 Å². The number of phosphoric acid groups is 1. The minimum atomic E-state index is -4.33. The maximum Gasteiger partial charge on any atom is 0.472 e. The minimum absolute atomic E-state index is 0.00284. The number of hydrogen-bond donors (Lipinski definition) is 3.